The summed E-state index contributed by atoms with van der Waals surface area (Å²) in [5.41, 5.74) is 2.10. The first-order chi connectivity index (χ1) is 8.24. The van der Waals surface area contributed by atoms with Crippen LogP contribution in [0.15, 0.2) is 40.1 Å². The normalized spacial score (nSPS) is 10.4. The number of carbonyl (C=O) groups is 1. The van der Waals surface area contributed by atoms with Gasteiger partial charge in [0.15, 0.2) is 4.34 Å². The van der Waals surface area contributed by atoms with Crippen molar-refractivity contribution in [3.63, 3.8) is 0 Å². The lowest BCUT2D eigenvalue weighted by molar-refractivity contribution is -0.116. The van der Waals surface area contributed by atoms with E-state index in [1.807, 2.05) is 42.6 Å². The van der Waals surface area contributed by atoms with Gasteiger partial charge in [-0.15, -0.1) is 11.3 Å². The zero-order valence-electron chi connectivity index (χ0n) is 9.55. The number of ketones is 1. The van der Waals surface area contributed by atoms with Crippen molar-refractivity contribution in [2.24, 2.45) is 0 Å². The van der Waals surface area contributed by atoms with E-state index >= 15 is 0 Å². The lowest BCUT2D eigenvalue weighted by atomic mass is 10.1. The van der Waals surface area contributed by atoms with Gasteiger partial charge in [-0.3, -0.25) is 4.79 Å². The molecule has 0 spiro atoms. The number of benzene rings is 1. The van der Waals surface area contributed by atoms with Crippen molar-refractivity contribution in [1.29, 1.82) is 0 Å². The molecule has 2 aromatic rings. The van der Waals surface area contributed by atoms with E-state index in [1.54, 1.807) is 11.3 Å². The van der Waals surface area contributed by atoms with Gasteiger partial charge in [0.25, 0.3) is 0 Å². The van der Waals surface area contributed by atoms with Crippen LogP contribution in [0, 0.1) is 6.92 Å². The predicted octanol–water partition coefficient (Wildman–Crippen LogP) is 3.36. The van der Waals surface area contributed by atoms with Gasteiger partial charge < -0.3 is 0 Å². The molecule has 88 valence electrons. The molecule has 2 rings (SSSR count). The van der Waals surface area contributed by atoms with Crippen LogP contribution in [-0.2, 0) is 11.2 Å². The minimum Gasteiger partial charge on any atom is -0.298 e. The zero-order valence-corrected chi connectivity index (χ0v) is 11.2. The number of thiazole rings is 1. The molecule has 0 unspecified atom stereocenters. The summed E-state index contributed by atoms with van der Waals surface area (Å²) in [6, 6.07) is 9.84. The van der Waals surface area contributed by atoms with E-state index in [4.69, 9.17) is 0 Å². The lowest BCUT2D eigenvalue weighted by Gasteiger charge is -1.99. The van der Waals surface area contributed by atoms with Gasteiger partial charge in [-0.05, 0) is 12.5 Å². The van der Waals surface area contributed by atoms with Crippen molar-refractivity contribution >= 4 is 28.9 Å². The fourth-order valence-electron chi connectivity index (χ4n) is 1.42. The Balaban J connectivity index is 1.82. The number of Topliss-reactive ketones (excluding diaryl/α,β-unsaturated/α-hetero) is 1. The Morgan fingerprint density at radius 1 is 1.35 bits per heavy atom. The Kier molecular flexibility index (Phi) is 4.34. The average molecular weight is 263 g/mol. The Bertz CT molecular complexity index is 493. The largest absolute Gasteiger partial charge is 0.298 e. The van der Waals surface area contributed by atoms with Crippen LogP contribution >= 0.6 is 23.1 Å². The van der Waals surface area contributed by atoms with Gasteiger partial charge in [-0.2, -0.15) is 0 Å². The minimum absolute atomic E-state index is 0.244. The molecule has 0 saturated carbocycles. The third-order valence-electron chi connectivity index (χ3n) is 2.20. The van der Waals surface area contributed by atoms with Gasteiger partial charge in [-0.1, -0.05) is 42.1 Å². The lowest BCUT2D eigenvalue weighted by Crippen LogP contribution is -2.05. The smallest absolute Gasteiger partial charge is 0.150 e. The second-order valence-corrected chi connectivity index (χ2v) is 5.83. The molecule has 0 amide bonds. The van der Waals surface area contributed by atoms with Crippen LogP contribution in [0.1, 0.15) is 11.3 Å². The molecule has 17 heavy (non-hydrogen) atoms. The molecule has 1 aromatic heterocycles. The maximum absolute atomic E-state index is 11.7. The molecule has 0 bridgehead atoms. The molecule has 0 radical (unpaired) electrons. The number of aromatic nitrogens is 1. The van der Waals surface area contributed by atoms with Crippen molar-refractivity contribution in [3.8, 4) is 0 Å². The fourth-order valence-corrected chi connectivity index (χ4v) is 3.12. The van der Waals surface area contributed by atoms with E-state index < -0.39 is 0 Å². The van der Waals surface area contributed by atoms with Crippen molar-refractivity contribution in [3.05, 3.63) is 47.0 Å². The monoisotopic (exact) mass is 263 g/mol. The standard InChI is InChI=1S/C13H13NOS2/c1-10-8-16-13(14-10)17-9-12(15)7-11-5-3-2-4-6-11/h2-6,8H,7,9H2,1H3. The highest BCUT2D eigenvalue weighted by Crippen LogP contribution is 2.22. The number of nitrogens with zero attached hydrogens (tertiary/aromatic N) is 1. The molecule has 0 N–H and O–H groups in total. The van der Waals surface area contributed by atoms with Gasteiger partial charge >= 0.3 is 0 Å². The fraction of sp³-hybridized carbons (Fsp3) is 0.231. The van der Waals surface area contributed by atoms with E-state index in [2.05, 4.69) is 4.98 Å². The summed E-state index contributed by atoms with van der Waals surface area (Å²) in [5, 5.41) is 2.00. The SMILES string of the molecule is Cc1csc(SCC(=O)Cc2ccccc2)n1. The van der Waals surface area contributed by atoms with Crippen molar-refractivity contribution < 1.29 is 4.79 Å². The van der Waals surface area contributed by atoms with Crippen molar-refractivity contribution in [2.75, 3.05) is 5.75 Å². The summed E-state index contributed by atoms with van der Waals surface area (Å²) in [4.78, 5) is 16.1. The summed E-state index contributed by atoms with van der Waals surface area (Å²) in [6.07, 6.45) is 0.512. The Morgan fingerprint density at radius 2 is 2.12 bits per heavy atom. The van der Waals surface area contributed by atoms with Gasteiger partial charge in [-0.25, -0.2) is 4.98 Å². The summed E-state index contributed by atoms with van der Waals surface area (Å²) in [5.74, 6) is 0.746. The first-order valence-corrected chi connectivity index (χ1v) is 7.21. The van der Waals surface area contributed by atoms with E-state index in [9.17, 15) is 4.79 Å². The van der Waals surface area contributed by atoms with Crippen LogP contribution in [0.5, 0.6) is 0 Å². The molecule has 2 nitrogen and oxygen atoms in total. The first-order valence-electron chi connectivity index (χ1n) is 5.34. The summed E-state index contributed by atoms with van der Waals surface area (Å²) < 4.78 is 0.976. The molecular formula is C13H13NOS2. The molecule has 0 aliphatic carbocycles. The van der Waals surface area contributed by atoms with Crippen LogP contribution < -0.4 is 0 Å². The highest BCUT2D eigenvalue weighted by Gasteiger charge is 2.06. The Hall–Kier alpha value is -1.13. The Morgan fingerprint density at radius 3 is 2.76 bits per heavy atom. The van der Waals surface area contributed by atoms with Crippen LogP contribution in [0.3, 0.4) is 0 Å². The van der Waals surface area contributed by atoms with E-state index in [1.165, 1.54) is 11.8 Å². The number of thioether (sulfide) groups is 1. The van der Waals surface area contributed by atoms with Gasteiger partial charge in [0.1, 0.15) is 5.78 Å². The van der Waals surface area contributed by atoms with E-state index in [0.29, 0.717) is 12.2 Å². The second kappa shape index (κ2) is 5.98. The molecule has 1 aromatic carbocycles. The number of hydrogen-bond acceptors (Lipinski definition) is 4. The molecular weight excluding hydrogens is 250 g/mol. The summed E-state index contributed by atoms with van der Waals surface area (Å²) >= 11 is 3.12. The van der Waals surface area contributed by atoms with Gasteiger partial charge in [0.2, 0.25) is 0 Å². The van der Waals surface area contributed by atoms with Crippen molar-refractivity contribution in [2.45, 2.75) is 17.7 Å². The highest BCUT2D eigenvalue weighted by atomic mass is 32.2. The molecule has 0 aliphatic rings. The highest BCUT2D eigenvalue weighted by molar-refractivity contribution is 8.01. The summed E-state index contributed by atoms with van der Waals surface area (Å²) in [6.45, 7) is 1.96. The zero-order chi connectivity index (χ0) is 12.1. The van der Waals surface area contributed by atoms with Crippen LogP contribution in [-0.4, -0.2) is 16.5 Å². The van der Waals surface area contributed by atoms with Gasteiger partial charge in [0, 0.05) is 17.5 Å². The average Bonchev–Trinajstić information content (AvgIpc) is 2.74. The number of hydrogen-bond donors (Lipinski definition) is 0. The minimum atomic E-state index is 0.244. The molecule has 0 aliphatic heterocycles. The molecule has 1 heterocycles. The van der Waals surface area contributed by atoms with Crippen LogP contribution in [0.2, 0.25) is 0 Å². The number of aryl methyl sites for hydroxylation is 1. The van der Waals surface area contributed by atoms with E-state index in [-0.39, 0.29) is 5.78 Å². The molecule has 4 heteroatoms. The first kappa shape index (κ1) is 12.3. The molecule has 0 saturated heterocycles. The number of carbonyl (C=O) groups excluding carboxylic acids is 1. The van der Waals surface area contributed by atoms with Gasteiger partial charge in [0.05, 0.1) is 5.75 Å². The third kappa shape index (κ3) is 3.98. The maximum atomic E-state index is 11.7. The molecule has 0 fully saturated rings. The topological polar surface area (TPSA) is 30.0 Å². The predicted molar refractivity (Wildman–Crippen MR) is 72.7 cm³/mol. The summed E-state index contributed by atoms with van der Waals surface area (Å²) in [7, 11) is 0. The van der Waals surface area contributed by atoms with E-state index in [0.717, 1.165) is 15.6 Å². The quantitative estimate of drug-likeness (QED) is 0.775. The number of rotatable bonds is 5. The molecule has 0 atom stereocenters. The maximum Gasteiger partial charge on any atom is 0.150 e. The second-order valence-electron chi connectivity index (χ2n) is 3.74. The van der Waals surface area contributed by atoms with Crippen LogP contribution in [0.4, 0.5) is 0 Å². The van der Waals surface area contributed by atoms with Crippen molar-refractivity contribution in [1.82, 2.24) is 4.98 Å². The Labute approximate surface area is 109 Å². The third-order valence-corrected chi connectivity index (χ3v) is 4.40. The van der Waals surface area contributed by atoms with Crippen LogP contribution in [0.25, 0.3) is 0 Å².